The number of ether oxygens (including phenoxy) is 1. The SMILES string of the molecule is COc1cccc(C(O)CNC(=O)NC(C)C)c1. The van der Waals surface area contributed by atoms with Gasteiger partial charge in [0.15, 0.2) is 0 Å². The van der Waals surface area contributed by atoms with Gasteiger partial charge in [0.05, 0.1) is 13.2 Å². The van der Waals surface area contributed by atoms with Crippen molar-refractivity contribution in [3.05, 3.63) is 29.8 Å². The monoisotopic (exact) mass is 252 g/mol. The van der Waals surface area contributed by atoms with Crippen molar-refractivity contribution in [2.24, 2.45) is 0 Å². The molecule has 0 aliphatic heterocycles. The van der Waals surface area contributed by atoms with Gasteiger partial charge < -0.3 is 20.5 Å². The summed E-state index contributed by atoms with van der Waals surface area (Å²) in [6.07, 6.45) is -0.752. The number of urea groups is 1. The van der Waals surface area contributed by atoms with E-state index in [-0.39, 0.29) is 18.6 Å². The maximum atomic E-state index is 11.4. The van der Waals surface area contributed by atoms with Gasteiger partial charge in [0.1, 0.15) is 5.75 Å². The Hall–Kier alpha value is -1.75. The fourth-order valence-electron chi connectivity index (χ4n) is 1.47. The Bertz CT molecular complexity index is 394. The molecule has 0 fully saturated rings. The van der Waals surface area contributed by atoms with Gasteiger partial charge in [-0.15, -0.1) is 0 Å². The fourth-order valence-corrected chi connectivity index (χ4v) is 1.47. The molecule has 18 heavy (non-hydrogen) atoms. The average Bonchev–Trinajstić information content (AvgIpc) is 2.35. The molecular weight excluding hydrogens is 232 g/mol. The molecule has 0 aliphatic carbocycles. The Kier molecular flexibility index (Phi) is 5.45. The summed E-state index contributed by atoms with van der Waals surface area (Å²) < 4.78 is 5.07. The summed E-state index contributed by atoms with van der Waals surface area (Å²) in [5.41, 5.74) is 0.708. The van der Waals surface area contributed by atoms with E-state index in [0.29, 0.717) is 11.3 Å². The molecule has 1 unspecified atom stereocenters. The Morgan fingerprint density at radius 1 is 1.44 bits per heavy atom. The third-order valence-corrected chi connectivity index (χ3v) is 2.35. The molecule has 0 radical (unpaired) electrons. The molecule has 0 saturated heterocycles. The first kappa shape index (κ1) is 14.3. The molecule has 0 aromatic heterocycles. The third kappa shape index (κ3) is 4.63. The first-order valence-electron chi connectivity index (χ1n) is 5.89. The van der Waals surface area contributed by atoms with Crippen LogP contribution < -0.4 is 15.4 Å². The summed E-state index contributed by atoms with van der Waals surface area (Å²) in [5, 5.41) is 15.2. The Balaban J connectivity index is 2.49. The quantitative estimate of drug-likeness (QED) is 0.742. The maximum absolute atomic E-state index is 11.4. The highest BCUT2D eigenvalue weighted by molar-refractivity contribution is 5.74. The van der Waals surface area contributed by atoms with Gasteiger partial charge in [-0.25, -0.2) is 4.79 Å². The van der Waals surface area contributed by atoms with Crippen molar-refractivity contribution >= 4 is 6.03 Å². The van der Waals surface area contributed by atoms with Crippen molar-refractivity contribution in [3.8, 4) is 5.75 Å². The maximum Gasteiger partial charge on any atom is 0.315 e. The van der Waals surface area contributed by atoms with Crippen LogP contribution in [0.3, 0.4) is 0 Å². The number of methoxy groups -OCH3 is 1. The van der Waals surface area contributed by atoms with Crippen LogP contribution in [-0.2, 0) is 0 Å². The van der Waals surface area contributed by atoms with Gasteiger partial charge in [0.25, 0.3) is 0 Å². The van der Waals surface area contributed by atoms with Crippen molar-refractivity contribution in [3.63, 3.8) is 0 Å². The average molecular weight is 252 g/mol. The zero-order valence-electron chi connectivity index (χ0n) is 10.9. The van der Waals surface area contributed by atoms with Gasteiger partial charge >= 0.3 is 6.03 Å². The van der Waals surface area contributed by atoms with Crippen LogP contribution in [0.1, 0.15) is 25.5 Å². The molecule has 1 aromatic carbocycles. The Labute approximate surface area is 107 Å². The van der Waals surface area contributed by atoms with Gasteiger partial charge in [0.2, 0.25) is 0 Å². The van der Waals surface area contributed by atoms with Gasteiger partial charge in [-0.3, -0.25) is 0 Å². The first-order chi connectivity index (χ1) is 8.52. The molecule has 1 atom stereocenters. The molecule has 100 valence electrons. The van der Waals surface area contributed by atoms with Crippen LogP contribution in [-0.4, -0.2) is 30.8 Å². The largest absolute Gasteiger partial charge is 0.497 e. The van der Waals surface area contributed by atoms with Crippen LogP contribution in [0.25, 0.3) is 0 Å². The van der Waals surface area contributed by atoms with Crippen molar-refractivity contribution < 1.29 is 14.6 Å². The molecule has 0 aliphatic rings. The number of nitrogens with one attached hydrogen (secondary N) is 2. The molecule has 1 aromatic rings. The van der Waals surface area contributed by atoms with Crippen molar-refractivity contribution in [2.45, 2.75) is 26.0 Å². The molecule has 0 heterocycles. The second kappa shape index (κ2) is 6.86. The van der Waals surface area contributed by atoms with Crippen molar-refractivity contribution in [1.82, 2.24) is 10.6 Å². The van der Waals surface area contributed by atoms with Crippen molar-refractivity contribution in [2.75, 3.05) is 13.7 Å². The van der Waals surface area contributed by atoms with Crippen LogP contribution in [0, 0.1) is 0 Å². The highest BCUT2D eigenvalue weighted by atomic mass is 16.5. The number of amides is 2. The molecule has 0 bridgehead atoms. The first-order valence-corrected chi connectivity index (χ1v) is 5.89. The van der Waals surface area contributed by atoms with Gasteiger partial charge in [-0.05, 0) is 31.5 Å². The Morgan fingerprint density at radius 3 is 2.78 bits per heavy atom. The van der Waals surface area contributed by atoms with E-state index < -0.39 is 6.10 Å². The van der Waals surface area contributed by atoms with Crippen LogP contribution in [0.5, 0.6) is 5.75 Å². The molecule has 5 nitrogen and oxygen atoms in total. The molecule has 2 amide bonds. The van der Waals surface area contributed by atoms with Crippen LogP contribution in [0.15, 0.2) is 24.3 Å². The summed E-state index contributed by atoms with van der Waals surface area (Å²) in [6.45, 7) is 3.90. The molecular formula is C13H20N2O3. The van der Waals surface area contributed by atoms with Gasteiger partial charge in [-0.2, -0.15) is 0 Å². The number of aliphatic hydroxyl groups is 1. The lowest BCUT2D eigenvalue weighted by molar-refractivity contribution is 0.172. The topological polar surface area (TPSA) is 70.6 Å². The number of hydrogen-bond acceptors (Lipinski definition) is 3. The molecule has 5 heteroatoms. The van der Waals surface area contributed by atoms with E-state index in [1.54, 1.807) is 31.4 Å². The summed E-state index contributed by atoms with van der Waals surface area (Å²) in [7, 11) is 1.57. The number of aliphatic hydroxyl groups excluding tert-OH is 1. The lowest BCUT2D eigenvalue weighted by Gasteiger charge is -2.14. The lowest BCUT2D eigenvalue weighted by Crippen LogP contribution is -2.41. The molecule has 3 N–H and O–H groups in total. The second-order valence-corrected chi connectivity index (χ2v) is 4.30. The van der Waals surface area contributed by atoms with E-state index in [9.17, 15) is 9.90 Å². The standard InChI is InChI=1S/C13H20N2O3/c1-9(2)15-13(17)14-8-12(16)10-5-4-6-11(7-10)18-3/h4-7,9,12,16H,8H2,1-3H3,(H2,14,15,17). The predicted molar refractivity (Wildman–Crippen MR) is 69.6 cm³/mol. The van der Waals surface area contributed by atoms with Gasteiger partial charge in [0, 0.05) is 12.6 Å². The van der Waals surface area contributed by atoms with E-state index in [0.717, 1.165) is 0 Å². The number of rotatable bonds is 5. The smallest absolute Gasteiger partial charge is 0.315 e. The zero-order valence-corrected chi connectivity index (χ0v) is 10.9. The normalized spacial score (nSPS) is 12.1. The summed E-state index contributed by atoms with van der Waals surface area (Å²) in [6, 6.07) is 6.91. The highest BCUT2D eigenvalue weighted by Gasteiger charge is 2.10. The molecule has 0 spiro atoms. The van der Waals surface area contributed by atoms with Crippen molar-refractivity contribution in [1.29, 1.82) is 0 Å². The van der Waals surface area contributed by atoms with E-state index in [1.165, 1.54) is 0 Å². The van der Waals surface area contributed by atoms with Crippen LogP contribution >= 0.6 is 0 Å². The minimum absolute atomic E-state index is 0.0685. The predicted octanol–water partition coefficient (Wildman–Crippen LogP) is 1.44. The highest BCUT2D eigenvalue weighted by Crippen LogP contribution is 2.18. The summed E-state index contributed by atoms with van der Waals surface area (Å²) in [5.74, 6) is 0.679. The molecule has 0 saturated carbocycles. The summed E-state index contributed by atoms with van der Waals surface area (Å²) >= 11 is 0. The number of hydrogen-bond donors (Lipinski definition) is 3. The number of carbonyl (C=O) groups excluding carboxylic acids is 1. The minimum atomic E-state index is -0.752. The van der Waals surface area contributed by atoms with E-state index in [2.05, 4.69) is 10.6 Å². The van der Waals surface area contributed by atoms with Gasteiger partial charge in [-0.1, -0.05) is 12.1 Å². The van der Waals surface area contributed by atoms with Crippen LogP contribution in [0.2, 0.25) is 0 Å². The van der Waals surface area contributed by atoms with E-state index in [1.807, 2.05) is 13.8 Å². The summed E-state index contributed by atoms with van der Waals surface area (Å²) in [4.78, 5) is 11.4. The second-order valence-electron chi connectivity index (χ2n) is 4.30. The number of benzene rings is 1. The van der Waals surface area contributed by atoms with E-state index >= 15 is 0 Å². The third-order valence-electron chi connectivity index (χ3n) is 2.35. The zero-order chi connectivity index (χ0) is 13.5. The fraction of sp³-hybridized carbons (Fsp3) is 0.462. The lowest BCUT2D eigenvalue weighted by atomic mass is 10.1. The minimum Gasteiger partial charge on any atom is -0.497 e. The number of carbonyl (C=O) groups is 1. The molecule has 1 rings (SSSR count). The van der Waals surface area contributed by atoms with E-state index in [4.69, 9.17) is 4.74 Å². The van der Waals surface area contributed by atoms with Crippen LogP contribution in [0.4, 0.5) is 4.79 Å². The Morgan fingerprint density at radius 2 is 2.17 bits per heavy atom.